The number of methoxy groups -OCH3 is 1. The Bertz CT molecular complexity index is 3280. The van der Waals surface area contributed by atoms with Gasteiger partial charge in [0.2, 0.25) is 11.8 Å². The Labute approximate surface area is 508 Å². The molecule has 0 radical (unpaired) electrons. The quantitative estimate of drug-likeness (QED) is 0.0390. The van der Waals surface area contributed by atoms with Crippen molar-refractivity contribution in [2.24, 2.45) is 11.8 Å². The van der Waals surface area contributed by atoms with Gasteiger partial charge in [-0.1, -0.05) is 56.3 Å². The molecule has 0 saturated carbocycles. The number of aliphatic hydroxyl groups is 1. The molecule has 0 bridgehead atoms. The van der Waals surface area contributed by atoms with Gasteiger partial charge in [0.15, 0.2) is 11.6 Å². The second kappa shape index (κ2) is 30.7. The minimum atomic E-state index is -0.984. The summed E-state index contributed by atoms with van der Waals surface area (Å²) in [5.74, 6) is -0.514. The van der Waals surface area contributed by atoms with Crippen LogP contribution in [0.25, 0.3) is 0 Å². The number of carbonyl (C=O) groups excluding carboxylic acids is 5. The summed E-state index contributed by atoms with van der Waals surface area (Å²) in [6.45, 7) is 11.5. The van der Waals surface area contributed by atoms with Crippen molar-refractivity contribution in [3.05, 3.63) is 207 Å². The number of rotatable bonds is 25. The molecule has 454 valence electrons. The molecule has 0 spiro atoms. The lowest BCUT2D eigenvalue weighted by Gasteiger charge is -2.34. The summed E-state index contributed by atoms with van der Waals surface area (Å²) >= 11 is 0. The fourth-order valence-electron chi connectivity index (χ4n) is 11.6. The van der Waals surface area contributed by atoms with E-state index < -0.39 is 23.6 Å². The van der Waals surface area contributed by atoms with Crippen molar-refractivity contribution in [3.63, 3.8) is 0 Å². The molecule has 10 rings (SSSR count). The number of nitrogens with one attached hydrogen (secondary N) is 2. The van der Waals surface area contributed by atoms with Crippen molar-refractivity contribution in [2.45, 2.75) is 130 Å². The zero-order chi connectivity index (χ0) is 61.2. The van der Waals surface area contributed by atoms with Crippen LogP contribution in [0.5, 0.6) is 17.2 Å². The summed E-state index contributed by atoms with van der Waals surface area (Å²) in [6, 6.07) is 36.9. The molecule has 4 N–H and O–H groups in total. The smallest absolute Gasteiger partial charge is 0.220 e. The number of nitrogens with zero attached hydrogens (tertiary/aromatic N) is 6. The van der Waals surface area contributed by atoms with Gasteiger partial charge in [0.25, 0.3) is 0 Å². The number of benzene rings is 3. The molecule has 1 saturated heterocycles. The van der Waals surface area contributed by atoms with Crippen LogP contribution >= 0.6 is 0 Å². The first-order valence-corrected chi connectivity index (χ1v) is 30.1. The zero-order valence-electron chi connectivity index (χ0n) is 50.0. The highest BCUT2D eigenvalue weighted by Crippen LogP contribution is 2.45. The molecule has 7 aromatic rings. The first kappa shape index (κ1) is 63.0. The van der Waals surface area contributed by atoms with E-state index in [4.69, 9.17) is 14.2 Å². The predicted octanol–water partition coefficient (Wildman–Crippen LogP) is 9.41. The summed E-state index contributed by atoms with van der Waals surface area (Å²) in [5, 5.41) is 27.5. The number of fused-ring (bicyclic) bond motifs is 3. The molecule has 4 aromatic heterocycles. The van der Waals surface area contributed by atoms with Gasteiger partial charge in [0, 0.05) is 131 Å². The number of Topliss-reactive ketones (excluding diaryl/α,β-unsaturated/α-hetero) is 1. The number of pyridine rings is 4. The van der Waals surface area contributed by atoms with Gasteiger partial charge in [-0.25, -0.2) is 0 Å². The molecule has 18 nitrogen and oxygen atoms in total. The monoisotopic (exact) mass is 1180 g/mol. The van der Waals surface area contributed by atoms with Gasteiger partial charge in [0.1, 0.15) is 23.0 Å². The molecular weight excluding hydrogens is 1100 g/mol. The van der Waals surface area contributed by atoms with E-state index >= 15 is 0 Å². The van der Waals surface area contributed by atoms with Gasteiger partial charge in [0.05, 0.1) is 59.8 Å². The number of unbranched alkanes of at least 4 members (excludes halogenated alkanes) is 1. The maximum Gasteiger partial charge on any atom is 0.220 e. The van der Waals surface area contributed by atoms with Crippen LogP contribution in [-0.2, 0) is 64.8 Å². The highest BCUT2D eigenvalue weighted by molar-refractivity contribution is 6.30. The van der Waals surface area contributed by atoms with Gasteiger partial charge >= 0.3 is 0 Å². The zero-order valence-corrected chi connectivity index (χ0v) is 50.0. The third kappa shape index (κ3) is 16.9. The lowest BCUT2D eigenvalue weighted by Crippen LogP contribution is -2.47. The van der Waals surface area contributed by atoms with Crippen molar-refractivity contribution >= 4 is 29.2 Å². The van der Waals surface area contributed by atoms with Gasteiger partial charge < -0.3 is 35.1 Å². The van der Waals surface area contributed by atoms with Crippen LogP contribution in [0.15, 0.2) is 140 Å². The number of aliphatic hydroxyl groups excluding tert-OH is 1. The summed E-state index contributed by atoms with van der Waals surface area (Å²) < 4.78 is 17.4. The number of hydrogen-bond acceptors (Lipinski definition) is 16. The van der Waals surface area contributed by atoms with Gasteiger partial charge in [-0.05, 0) is 129 Å². The molecule has 1 fully saturated rings. The third-order valence-corrected chi connectivity index (χ3v) is 16.3. The van der Waals surface area contributed by atoms with E-state index in [1.54, 1.807) is 19.1 Å². The number of carbonyl (C=O) groups is 5. The van der Waals surface area contributed by atoms with E-state index in [1.165, 1.54) is 19.2 Å². The molecule has 3 aliphatic rings. The largest absolute Gasteiger partial charge is 0.507 e. The van der Waals surface area contributed by atoms with Crippen LogP contribution in [0.1, 0.15) is 149 Å². The number of ketones is 3. The van der Waals surface area contributed by atoms with E-state index in [2.05, 4.69) is 89.8 Å². The number of aromatic hydroxyl groups is 1. The van der Waals surface area contributed by atoms with Crippen LogP contribution in [-0.4, -0.2) is 108 Å². The van der Waals surface area contributed by atoms with Crippen molar-refractivity contribution in [1.29, 1.82) is 0 Å². The molecular formula is C69H78N8O10. The van der Waals surface area contributed by atoms with Gasteiger partial charge in [-0.3, -0.25) is 53.7 Å². The minimum Gasteiger partial charge on any atom is -0.507 e. The summed E-state index contributed by atoms with van der Waals surface area (Å²) in [4.78, 5) is 86.6. The van der Waals surface area contributed by atoms with Crippen LogP contribution in [0, 0.1) is 11.8 Å². The standard InChI is InChI=1S/C47H58N8O4.C22H20O6/c1-36-37(2)58-26-19-45(36)53-47(57)18-17-46(56)52-24-11-12-25-59-44-28-38(30-54(32-40-13-3-7-20-48-40)33-41-14-4-8-21-49-41)27-39(29-44)31-55(34-42-15-5-9-22-50-42)35-43-16-6-10-23-51-43;1-3-15(23)10-7-13-12(16(24)8-10)9-14-19(21(13)26)20(25)11-5-4-6-17(28-2)18(11)22(14)27/h3-10,13-16,20-23,27-29,36-37,45H,11-12,17-19,24-26,30-35H2,1-2H3,(H,52,56)(H,53,57);4-6,9-10,16,24,26H,3,7-8H2,1-2H3. The van der Waals surface area contributed by atoms with E-state index in [0.29, 0.717) is 76.6 Å². The SMILES string of the molecule is CC1OCCC(NC(=O)CCC(=O)NCCCCOc2cc(CN(Cc3ccccn3)Cc3ccccn3)cc(CN(Cc3ccccn3)Cc3ccccn3)c2)C1C.CCC(=O)C1Cc2c(cc3c(c2O)C(=O)c2cccc(OC)c2C3=O)C(O)C1. The number of amides is 2. The Balaban J connectivity index is 0.000000267. The number of phenols is 1. The number of ether oxygens (including phenoxy) is 3. The summed E-state index contributed by atoms with van der Waals surface area (Å²) in [5.41, 5.74) is 7.28. The molecule has 87 heavy (non-hydrogen) atoms. The van der Waals surface area contributed by atoms with Gasteiger partial charge in [-0.15, -0.1) is 0 Å². The predicted molar refractivity (Wildman–Crippen MR) is 327 cm³/mol. The molecule has 5 atom stereocenters. The first-order chi connectivity index (χ1) is 42.2. The van der Waals surface area contributed by atoms with E-state index in [0.717, 1.165) is 58.9 Å². The van der Waals surface area contributed by atoms with Crippen molar-refractivity contribution in [2.75, 3.05) is 26.9 Å². The highest BCUT2D eigenvalue weighted by atomic mass is 16.5. The summed E-state index contributed by atoms with van der Waals surface area (Å²) in [7, 11) is 1.42. The third-order valence-electron chi connectivity index (χ3n) is 16.3. The second-order valence-electron chi connectivity index (χ2n) is 22.6. The van der Waals surface area contributed by atoms with Crippen molar-refractivity contribution in [3.8, 4) is 17.2 Å². The molecule has 5 unspecified atom stereocenters. The number of phenolic OH excluding ortho intramolecular Hbond substituents is 1. The lowest BCUT2D eigenvalue weighted by atomic mass is 9.74. The Morgan fingerprint density at radius 3 is 1.78 bits per heavy atom. The van der Waals surface area contributed by atoms with Crippen molar-refractivity contribution < 1.29 is 48.4 Å². The number of hydrogen-bond donors (Lipinski definition) is 4. The molecule has 5 heterocycles. The van der Waals surface area contributed by atoms with E-state index in [1.807, 2.05) is 80.2 Å². The van der Waals surface area contributed by atoms with Crippen LogP contribution in [0.4, 0.5) is 0 Å². The summed E-state index contributed by atoms with van der Waals surface area (Å²) in [6.07, 6.45) is 9.92. The Kier molecular flexibility index (Phi) is 22.2. The maximum atomic E-state index is 13.1. The second-order valence-corrected chi connectivity index (χ2v) is 22.6. The topological polar surface area (TPSA) is 236 Å². The normalized spacial score (nSPS) is 17.7. The maximum absolute atomic E-state index is 13.1. The molecule has 1 aliphatic heterocycles. The Hall–Kier alpha value is -8.55. The molecule has 2 amide bonds. The fraction of sp³-hybridized carbons (Fsp3) is 0.377. The van der Waals surface area contributed by atoms with E-state index in [-0.39, 0.29) is 95.1 Å². The van der Waals surface area contributed by atoms with Crippen LogP contribution in [0.2, 0.25) is 0 Å². The average Bonchev–Trinajstić information content (AvgIpc) is 1.38. The van der Waals surface area contributed by atoms with Crippen LogP contribution in [0.3, 0.4) is 0 Å². The lowest BCUT2D eigenvalue weighted by molar-refractivity contribution is -0.128. The van der Waals surface area contributed by atoms with Gasteiger partial charge in [-0.2, -0.15) is 0 Å². The molecule has 18 heteroatoms. The van der Waals surface area contributed by atoms with Crippen LogP contribution < -0.4 is 20.1 Å². The average molecular weight is 1180 g/mol. The Morgan fingerprint density at radius 2 is 1.24 bits per heavy atom. The number of aromatic nitrogens is 4. The fourth-order valence-corrected chi connectivity index (χ4v) is 11.6. The Morgan fingerprint density at radius 1 is 0.678 bits per heavy atom. The molecule has 2 aliphatic carbocycles. The molecule has 3 aromatic carbocycles. The first-order valence-electron chi connectivity index (χ1n) is 30.1. The van der Waals surface area contributed by atoms with E-state index in [9.17, 15) is 34.2 Å². The minimum absolute atomic E-state index is 0.000643. The van der Waals surface area contributed by atoms with Crippen molar-refractivity contribution in [1.82, 2.24) is 40.4 Å². The highest BCUT2D eigenvalue weighted by Gasteiger charge is 2.40.